The van der Waals surface area contributed by atoms with Crippen molar-refractivity contribution in [3.05, 3.63) is 65.4 Å². The Kier molecular flexibility index (Phi) is 6.37. The summed E-state index contributed by atoms with van der Waals surface area (Å²) in [5.41, 5.74) is 0.788. The predicted molar refractivity (Wildman–Crippen MR) is 134 cm³/mol. The third-order valence-electron chi connectivity index (χ3n) is 7.96. The number of aromatic nitrogens is 5. The summed E-state index contributed by atoms with van der Waals surface area (Å²) in [6.07, 6.45) is 7.28. The van der Waals surface area contributed by atoms with Crippen LogP contribution in [0.2, 0.25) is 0 Å². The first-order valence-corrected chi connectivity index (χ1v) is 12.9. The van der Waals surface area contributed by atoms with E-state index in [2.05, 4.69) is 31.0 Å². The number of nitriles is 1. The predicted octanol–water partition coefficient (Wildman–Crippen LogP) is 3.69. The summed E-state index contributed by atoms with van der Waals surface area (Å²) in [6, 6.07) is 3.39. The van der Waals surface area contributed by atoms with Gasteiger partial charge in [0, 0.05) is 62.2 Å². The first-order valence-electron chi connectivity index (χ1n) is 12.9. The summed E-state index contributed by atoms with van der Waals surface area (Å²) >= 11 is 0. The number of pyridine rings is 1. The molecule has 2 saturated heterocycles. The van der Waals surface area contributed by atoms with Crippen LogP contribution in [0.1, 0.15) is 46.6 Å². The molecule has 0 radical (unpaired) electrons. The highest BCUT2D eigenvalue weighted by atomic mass is 19.4. The van der Waals surface area contributed by atoms with E-state index >= 15 is 0 Å². The maximum Gasteiger partial charge on any atom is 0.436 e. The number of rotatable bonds is 5. The summed E-state index contributed by atoms with van der Waals surface area (Å²) in [4.78, 5) is 28.3. The first kappa shape index (κ1) is 26.1. The smallest absolute Gasteiger partial charge is 0.338 e. The number of hydrogen-bond acceptors (Lipinski definition) is 7. The lowest BCUT2D eigenvalue weighted by molar-refractivity contribution is -0.143. The van der Waals surface area contributed by atoms with Crippen LogP contribution in [0.5, 0.6) is 0 Å². The number of amides is 1. The summed E-state index contributed by atoms with van der Waals surface area (Å²) in [6.45, 7) is 1.76. The standard InChI is InChI=1S/C27H24F4N8O/c28-22-20(4-9-33-24(22)27(29,30)31)25(40)37-10-5-18(6-11-37)38-14-26(15-38,7-8-32)39-13-17(12-36-39)23-19-2-1-3-21(19)34-16-35-23/h1-2,4,9,12-13,16,18H,3,5-7,10-11,14-15H2. The molecule has 2 aliphatic heterocycles. The van der Waals surface area contributed by atoms with Gasteiger partial charge in [0.15, 0.2) is 11.5 Å². The molecule has 0 N–H and O–H groups in total. The van der Waals surface area contributed by atoms with E-state index in [4.69, 9.17) is 0 Å². The Labute approximate surface area is 226 Å². The minimum Gasteiger partial charge on any atom is -0.338 e. The maximum atomic E-state index is 14.5. The quantitative estimate of drug-likeness (QED) is 0.445. The lowest BCUT2D eigenvalue weighted by Crippen LogP contribution is -2.66. The summed E-state index contributed by atoms with van der Waals surface area (Å²) in [5.74, 6) is -2.42. The molecular formula is C27H24F4N8O. The fraction of sp³-hybridized carbons (Fsp3) is 0.407. The van der Waals surface area contributed by atoms with Crippen molar-refractivity contribution in [2.45, 2.75) is 43.4 Å². The Hall–Kier alpha value is -4.18. The van der Waals surface area contributed by atoms with Gasteiger partial charge in [-0.05, 0) is 18.9 Å². The van der Waals surface area contributed by atoms with Crippen molar-refractivity contribution in [2.75, 3.05) is 26.2 Å². The molecule has 0 atom stereocenters. The SMILES string of the molecule is N#CCC1(n2cc(-c3ncnc4c3C=CC4)cn2)CN(C2CCN(C(=O)c3ccnc(C(F)(F)F)c3F)CC2)C1. The van der Waals surface area contributed by atoms with E-state index in [0.717, 1.165) is 41.2 Å². The number of likely N-dealkylation sites (tertiary alicyclic amines) is 2. The van der Waals surface area contributed by atoms with Gasteiger partial charge in [-0.3, -0.25) is 14.4 Å². The first-order chi connectivity index (χ1) is 19.2. The van der Waals surface area contributed by atoms with Gasteiger partial charge in [-0.15, -0.1) is 0 Å². The van der Waals surface area contributed by atoms with Gasteiger partial charge >= 0.3 is 6.18 Å². The number of fused-ring (bicyclic) bond motifs is 1. The average molecular weight is 553 g/mol. The third-order valence-corrected chi connectivity index (χ3v) is 7.96. The number of allylic oxidation sites excluding steroid dienone is 1. The van der Waals surface area contributed by atoms with E-state index in [9.17, 15) is 27.6 Å². The normalized spacial score (nSPS) is 18.8. The van der Waals surface area contributed by atoms with Crippen LogP contribution in [0.3, 0.4) is 0 Å². The van der Waals surface area contributed by atoms with Gasteiger partial charge in [0.05, 0.1) is 35.6 Å². The highest BCUT2D eigenvalue weighted by molar-refractivity contribution is 5.94. The molecule has 206 valence electrons. The number of carbonyl (C=O) groups excluding carboxylic acids is 1. The van der Waals surface area contributed by atoms with Gasteiger partial charge in [0.25, 0.3) is 5.91 Å². The van der Waals surface area contributed by atoms with E-state index in [1.54, 1.807) is 12.5 Å². The fourth-order valence-corrected chi connectivity index (χ4v) is 5.86. The van der Waals surface area contributed by atoms with Gasteiger partial charge in [-0.1, -0.05) is 12.2 Å². The van der Waals surface area contributed by atoms with Gasteiger partial charge in [-0.25, -0.2) is 19.3 Å². The van der Waals surface area contributed by atoms with Crippen LogP contribution in [0, 0.1) is 17.1 Å². The molecular weight excluding hydrogens is 528 g/mol. The second kappa shape index (κ2) is 9.78. The molecule has 0 bridgehead atoms. The minimum atomic E-state index is -4.98. The van der Waals surface area contributed by atoms with Crippen molar-refractivity contribution in [3.63, 3.8) is 0 Å². The monoisotopic (exact) mass is 552 g/mol. The van der Waals surface area contributed by atoms with Crippen molar-refractivity contribution < 1.29 is 22.4 Å². The van der Waals surface area contributed by atoms with Gasteiger partial charge < -0.3 is 4.90 Å². The number of hydrogen-bond donors (Lipinski definition) is 0. The Bertz CT molecular complexity index is 1530. The zero-order chi connectivity index (χ0) is 28.1. The molecule has 6 rings (SSSR count). The molecule has 3 aromatic rings. The van der Waals surface area contributed by atoms with E-state index in [-0.39, 0.29) is 25.6 Å². The second-order valence-electron chi connectivity index (χ2n) is 10.4. The highest BCUT2D eigenvalue weighted by Gasteiger charge is 2.48. The molecule has 40 heavy (non-hydrogen) atoms. The second-order valence-corrected chi connectivity index (χ2v) is 10.4. The van der Waals surface area contributed by atoms with Crippen LogP contribution in [-0.2, 0) is 18.1 Å². The number of nitrogens with zero attached hydrogens (tertiary/aromatic N) is 8. The molecule has 2 fully saturated rings. The maximum absolute atomic E-state index is 14.5. The number of piperidine rings is 1. The largest absolute Gasteiger partial charge is 0.436 e. The molecule has 0 spiro atoms. The summed E-state index contributed by atoms with van der Waals surface area (Å²) in [5, 5.41) is 14.2. The molecule has 1 amide bonds. The molecule has 0 unspecified atom stereocenters. The molecule has 9 nitrogen and oxygen atoms in total. The number of alkyl halides is 3. The van der Waals surface area contributed by atoms with E-state index < -0.39 is 34.7 Å². The van der Waals surface area contributed by atoms with Crippen LogP contribution in [-0.4, -0.2) is 72.7 Å². The molecule has 1 aliphatic carbocycles. The Balaban J connectivity index is 1.11. The molecule has 3 aromatic heterocycles. The Morgan fingerprint density at radius 2 is 1.95 bits per heavy atom. The van der Waals surface area contributed by atoms with E-state index in [0.29, 0.717) is 25.9 Å². The average Bonchev–Trinajstić information content (AvgIpc) is 3.60. The van der Waals surface area contributed by atoms with Crippen LogP contribution in [0.25, 0.3) is 17.3 Å². The highest BCUT2D eigenvalue weighted by Crippen LogP contribution is 2.38. The fourth-order valence-electron chi connectivity index (χ4n) is 5.86. The van der Waals surface area contributed by atoms with Crippen molar-refractivity contribution in [1.82, 2.24) is 34.5 Å². The minimum absolute atomic E-state index is 0.120. The summed E-state index contributed by atoms with van der Waals surface area (Å²) in [7, 11) is 0. The molecule has 0 saturated carbocycles. The van der Waals surface area contributed by atoms with Crippen LogP contribution in [0.4, 0.5) is 17.6 Å². The zero-order valence-corrected chi connectivity index (χ0v) is 21.3. The molecule has 5 heterocycles. The molecule has 3 aliphatic rings. The molecule has 0 aromatic carbocycles. The van der Waals surface area contributed by atoms with Crippen molar-refractivity contribution in [2.24, 2.45) is 0 Å². The lowest BCUT2D eigenvalue weighted by atomic mass is 9.83. The zero-order valence-electron chi connectivity index (χ0n) is 21.3. The number of carbonyl (C=O) groups is 1. The topological polar surface area (TPSA) is 104 Å². The number of halogens is 4. The van der Waals surface area contributed by atoms with Crippen LogP contribution < -0.4 is 0 Å². The lowest BCUT2D eigenvalue weighted by Gasteiger charge is -2.53. The Morgan fingerprint density at radius 3 is 2.67 bits per heavy atom. The van der Waals surface area contributed by atoms with Crippen molar-refractivity contribution in [3.8, 4) is 17.3 Å². The van der Waals surface area contributed by atoms with Crippen molar-refractivity contribution in [1.29, 1.82) is 5.26 Å². The van der Waals surface area contributed by atoms with Crippen LogP contribution >= 0.6 is 0 Å². The van der Waals surface area contributed by atoms with Crippen molar-refractivity contribution >= 4 is 12.0 Å². The Morgan fingerprint density at radius 1 is 1.18 bits per heavy atom. The van der Waals surface area contributed by atoms with E-state index in [1.165, 1.54) is 4.90 Å². The van der Waals surface area contributed by atoms with Gasteiger partial charge in [0.1, 0.15) is 11.9 Å². The van der Waals surface area contributed by atoms with E-state index in [1.807, 2.05) is 23.0 Å². The van der Waals surface area contributed by atoms with Crippen LogP contribution in [0.15, 0.2) is 37.1 Å². The summed E-state index contributed by atoms with van der Waals surface area (Å²) < 4.78 is 55.4. The third kappa shape index (κ3) is 4.42. The molecule has 13 heteroatoms. The van der Waals surface area contributed by atoms with Gasteiger partial charge in [-0.2, -0.15) is 23.5 Å². The van der Waals surface area contributed by atoms with Gasteiger partial charge in [0.2, 0.25) is 0 Å².